The summed E-state index contributed by atoms with van der Waals surface area (Å²) in [6, 6.07) is 11.3. The average Bonchev–Trinajstić information content (AvgIpc) is 2.62. The molecule has 5 heteroatoms. The number of hydrogen-bond donors (Lipinski definition) is 0. The van der Waals surface area contributed by atoms with Crippen molar-refractivity contribution in [3.63, 3.8) is 0 Å². The first kappa shape index (κ1) is 15.2. The SMILES string of the molecule is N#Cc1ccc(N2CCC[C@H](C(=O)c3ccc(F)cc3)C2)cn1. The minimum atomic E-state index is -0.338. The summed E-state index contributed by atoms with van der Waals surface area (Å²) < 4.78 is 13.0. The topological polar surface area (TPSA) is 57.0 Å². The van der Waals surface area contributed by atoms with Gasteiger partial charge in [0.15, 0.2) is 5.78 Å². The highest BCUT2D eigenvalue weighted by Crippen LogP contribution is 2.25. The highest BCUT2D eigenvalue weighted by Gasteiger charge is 2.26. The number of hydrogen-bond acceptors (Lipinski definition) is 4. The van der Waals surface area contributed by atoms with E-state index in [9.17, 15) is 9.18 Å². The van der Waals surface area contributed by atoms with Gasteiger partial charge in [-0.05, 0) is 49.2 Å². The fourth-order valence-corrected chi connectivity index (χ4v) is 2.91. The number of pyridine rings is 1. The molecule has 1 saturated heterocycles. The van der Waals surface area contributed by atoms with Crippen LogP contribution in [-0.2, 0) is 0 Å². The molecule has 0 N–H and O–H groups in total. The third-order valence-electron chi connectivity index (χ3n) is 4.15. The van der Waals surface area contributed by atoms with Crippen molar-refractivity contribution in [2.75, 3.05) is 18.0 Å². The van der Waals surface area contributed by atoms with Crippen LogP contribution in [0.5, 0.6) is 0 Å². The van der Waals surface area contributed by atoms with Gasteiger partial charge in [-0.3, -0.25) is 4.79 Å². The van der Waals surface area contributed by atoms with E-state index in [1.807, 2.05) is 12.1 Å². The number of nitrogens with zero attached hydrogens (tertiary/aromatic N) is 3. The Morgan fingerprint density at radius 3 is 2.70 bits per heavy atom. The van der Waals surface area contributed by atoms with Gasteiger partial charge in [0.1, 0.15) is 17.6 Å². The van der Waals surface area contributed by atoms with Gasteiger partial charge in [-0.25, -0.2) is 9.37 Å². The van der Waals surface area contributed by atoms with E-state index in [1.165, 1.54) is 12.1 Å². The summed E-state index contributed by atoms with van der Waals surface area (Å²) in [5.74, 6) is -0.392. The smallest absolute Gasteiger partial charge is 0.167 e. The Hall–Kier alpha value is -2.74. The van der Waals surface area contributed by atoms with Gasteiger partial charge < -0.3 is 4.90 Å². The molecule has 0 spiro atoms. The van der Waals surface area contributed by atoms with Crippen molar-refractivity contribution in [3.05, 3.63) is 59.7 Å². The molecule has 1 aromatic heterocycles. The summed E-state index contributed by atoms with van der Waals surface area (Å²) in [7, 11) is 0. The van der Waals surface area contributed by atoms with Gasteiger partial charge >= 0.3 is 0 Å². The fourth-order valence-electron chi connectivity index (χ4n) is 2.91. The second-order valence-electron chi connectivity index (χ2n) is 5.67. The number of anilines is 1. The molecule has 116 valence electrons. The summed E-state index contributed by atoms with van der Waals surface area (Å²) in [6.45, 7) is 1.48. The monoisotopic (exact) mass is 309 g/mol. The third-order valence-corrected chi connectivity index (χ3v) is 4.15. The van der Waals surface area contributed by atoms with Gasteiger partial charge in [0.05, 0.1) is 11.9 Å². The first-order valence-electron chi connectivity index (χ1n) is 7.58. The van der Waals surface area contributed by atoms with Crippen molar-refractivity contribution in [1.82, 2.24) is 4.98 Å². The first-order valence-corrected chi connectivity index (χ1v) is 7.58. The Morgan fingerprint density at radius 2 is 2.04 bits per heavy atom. The molecule has 0 unspecified atom stereocenters. The Morgan fingerprint density at radius 1 is 1.26 bits per heavy atom. The number of Topliss-reactive ketones (excluding diaryl/α,β-unsaturated/α-hetero) is 1. The maximum atomic E-state index is 13.0. The van der Waals surface area contributed by atoms with Gasteiger partial charge in [0.2, 0.25) is 0 Å². The highest BCUT2D eigenvalue weighted by atomic mass is 19.1. The van der Waals surface area contributed by atoms with Crippen LogP contribution in [0.4, 0.5) is 10.1 Å². The van der Waals surface area contributed by atoms with E-state index >= 15 is 0 Å². The molecular weight excluding hydrogens is 293 g/mol. The lowest BCUT2D eigenvalue weighted by Crippen LogP contribution is -2.38. The first-order chi connectivity index (χ1) is 11.2. The number of carbonyl (C=O) groups is 1. The number of rotatable bonds is 3. The maximum absolute atomic E-state index is 13.0. The molecule has 23 heavy (non-hydrogen) atoms. The quantitative estimate of drug-likeness (QED) is 0.817. The summed E-state index contributed by atoms with van der Waals surface area (Å²) in [5.41, 5.74) is 1.85. The van der Waals surface area contributed by atoms with Crippen LogP contribution < -0.4 is 4.90 Å². The molecule has 1 atom stereocenters. The van der Waals surface area contributed by atoms with Crippen LogP contribution in [0, 0.1) is 23.1 Å². The van der Waals surface area contributed by atoms with Gasteiger partial charge in [0, 0.05) is 24.6 Å². The standard InChI is InChI=1S/C18H16FN3O/c19-15-5-3-13(4-6-15)18(23)14-2-1-9-22(12-14)17-8-7-16(10-20)21-11-17/h3-8,11,14H,1-2,9,12H2/t14-/m0/s1. The second-order valence-corrected chi connectivity index (χ2v) is 5.67. The molecule has 2 aromatic rings. The zero-order valence-corrected chi connectivity index (χ0v) is 12.6. The molecule has 0 amide bonds. The van der Waals surface area contributed by atoms with Gasteiger partial charge in [-0.15, -0.1) is 0 Å². The summed E-state index contributed by atoms with van der Waals surface area (Å²) >= 11 is 0. The van der Waals surface area contributed by atoms with Crippen molar-refractivity contribution >= 4 is 11.5 Å². The Bertz CT molecular complexity index is 734. The van der Waals surface area contributed by atoms with Crippen molar-refractivity contribution in [3.8, 4) is 6.07 Å². The van der Waals surface area contributed by atoms with Crippen LogP contribution in [0.3, 0.4) is 0 Å². The molecule has 0 bridgehead atoms. The van der Waals surface area contributed by atoms with Crippen LogP contribution >= 0.6 is 0 Å². The van der Waals surface area contributed by atoms with Crippen molar-refractivity contribution in [2.24, 2.45) is 5.92 Å². The highest BCUT2D eigenvalue weighted by molar-refractivity contribution is 5.98. The minimum absolute atomic E-state index is 0.0521. The van der Waals surface area contributed by atoms with Crippen LogP contribution in [-0.4, -0.2) is 23.9 Å². The maximum Gasteiger partial charge on any atom is 0.167 e. The predicted molar refractivity (Wildman–Crippen MR) is 84.6 cm³/mol. The molecule has 1 fully saturated rings. The van der Waals surface area contributed by atoms with Crippen LogP contribution in [0.2, 0.25) is 0 Å². The van der Waals surface area contributed by atoms with E-state index < -0.39 is 0 Å². The summed E-state index contributed by atoms with van der Waals surface area (Å²) in [5, 5.41) is 8.80. The van der Waals surface area contributed by atoms with Gasteiger partial charge in [-0.1, -0.05) is 0 Å². The molecule has 4 nitrogen and oxygen atoms in total. The zero-order valence-electron chi connectivity index (χ0n) is 12.6. The Labute approximate surface area is 134 Å². The van der Waals surface area contributed by atoms with Crippen molar-refractivity contribution in [1.29, 1.82) is 5.26 Å². The minimum Gasteiger partial charge on any atom is -0.370 e. The number of ketones is 1. The number of nitriles is 1. The third kappa shape index (κ3) is 3.37. The van der Waals surface area contributed by atoms with E-state index in [2.05, 4.69) is 9.88 Å². The summed E-state index contributed by atoms with van der Waals surface area (Å²) in [4.78, 5) is 18.8. The average molecular weight is 309 g/mol. The lowest BCUT2D eigenvalue weighted by molar-refractivity contribution is 0.0907. The number of halogens is 1. The van der Waals surface area contributed by atoms with Gasteiger partial charge in [0.25, 0.3) is 0 Å². The Kier molecular flexibility index (Phi) is 4.33. The number of piperidine rings is 1. The molecule has 0 radical (unpaired) electrons. The van der Waals surface area contributed by atoms with E-state index in [0.717, 1.165) is 25.1 Å². The van der Waals surface area contributed by atoms with Crippen molar-refractivity contribution in [2.45, 2.75) is 12.8 Å². The largest absolute Gasteiger partial charge is 0.370 e. The van der Waals surface area contributed by atoms with Crippen LogP contribution in [0.1, 0.15) is 28.9 Å². The molecule has 1 aliphatic rings. The molecule has 0 saturated carbocycles. The lowest BCUT2D eigenvalue weighted by atomic mass is 9.90. The fraction of sp³-hybridized carbons (Fsp3) is 0.278. The zero-order chi connectivity index (χ0) is 16.2. The molecule has 0 aliphatic carbocycles. The predicted octanol–water partition coefficient (Wildman–Crippen LogP) is 3.19. The van der Waals surface area contributed by atoms with E-state index in [4.69, 9.17) is 5.26 Å². The summed E-state index contributed by atoms with van der Waals surface area (Å²) in [6.07, 6.45) is 3.41. The van der Waals surface area contributed by atoms with Crippen molar-refractivity contribution < 1.29 is 9.18 Å². The van der Waals surface area contributed by atoms with Crippen LogP contribution in [0.25, 0.3) is 0 Å². The van der Waals surface area contributed by atoms with E-state index in [-0.39, 0.29) is 17.5 Å². The lowest BCUT2D eigenvalue weighted by Gasteiger charge is -2.33. The van der Waals surface area contributed by atoms with Gasteiger partial charge in [-0.2, -0.15) is 5.26 Å². The number of carbonyl (C=O) groups excluding carboxylic acids is 1. The molecular formula is C18H16FN3O. The normalized spacial score (nSPS) is 17.6. The molecule has 2 heterocycles. The number of benzene rings is 1. The number of aromatic nitrogens is 1. The molecule has 3 rings (SSSR count). The molecule has 1 aromatic carbocycles. The van der Waals surface area contributed by atoms with Crippen LogP contribution in [0.15, 0.2) is 42.6 Å². The second kappa shape index (κ2) is 6.57. The Balaban J connectivity index is 1.73. The molecule has 1 aliphatic heterocycles. The van der Waals surface area contributed by atoms with E-state index in [1.54, 1.807) is 24.4 Å². The van der Waals surface area contributed by atoms with E-state index in [0.29, 0.717) is 17.8 Å².